The van der Waals surface area contributed by atoms with Crippen LogP contribution in [0.4, 0.5) is 5.82 Å². The molecule has 3 aromatic heterocycles. The second-order valence-corrected chi connectivity index (χ2v) is 8.66. The summed E-state index contributed by atoms with van der Waals surface area (Å²) in [6.45, 7) is 8.51. The van der Waals surface area contributed by atoms with Crippen molar-refractivity contribution >= 4 is 28.7 Å². The van der Waals surface area contributed by atoms with E-state index in [0.29, 0.717) is 6.54 Å². The number of hydrogen-bond donors (Lipinski definition) is 0. The quantitative estimate of drug-likeness (QED) is 0.593. The highest BCUT2D eigenvalue weighted by Gasteiger charge is 2.25. The molecule has 2 aliphatic heterocycles. The number of hydrogen-bond acceptors (Lipinski definition) is 8. The molecule has 0 spiro atoms. The number of fused-ring (bicyclic) bond motifs is 1. The maximum atomic E-state index is 12.8. The van der Waals surface area contributed by atoms with Gasteiger partial charge in [-0.15, -0.1) is 15.3 Å². The summed E-state index contributed by atoms with van der Waals surface area (Å²) in [5, 5.41) is 16.8. The van der Waals surface area contributed by atoms with Gasteiger partial charge in [0.05, 0.1) is 6.54 Å². The average molecular weight is 427 g/mol. The first-order valence-corrected chi connectivity index (χ1v) is 11.3. The van der Waals surface area contributed by atoms with Crippen LogP contribution in [-0.4, -0.2) is 99.3 Å². The largest absolute Gasteiger partial charge is 0.353 e. The highest BCUT2D eigenvalue weighted by Crippen LogP contribution is 2.15. The molecule has 2 saturated heterocycles. The Morgan fingerprint density at radius 2 is 1.77 bits per heavy atom. The van der Waals surface area contributed by atoms with Crippen molar-refractivity contribution in [2.45, 2.75) is 6.54 Å². The van der Waals surface area contributed by atoms with Crippen LogP contribution >= 0.6 is 11.3 Å². The van der Waals surface area contributed by atoms with Crippen LogP contribution in [0.3, 0.4) is 0 Å². The van der Waals surface area contributed by atoms with Crippen LogP contribution in [0, 0.1) is 0 Å². The Hall–Kier alpha value is -2.56. The third-order valence-corrected chi connectivity index (χ3v) is 6.65. The molecular weight excluding hydrogens is 400 g/mol. The minimum absolute atomic E-state index is 0.252. The molecule has 0 N–H and O–H groups in total. The molecule has 3 aromatic rings. The Labute approximate surface area is 179 Å². The molecule has 0 radical (unpaired) electrons. The molecule has 2 fully saturated rings. The van der Waals surface area contributed by atoms with Crippen molar-refractivity contribution < 1.29 is 4.79 Å². The fourth-order valence-corrected chi connectivity index (χ4v) is 4.77. The van der Waals surface area contributed by atoms with E-state index in [9.17, 15) is 4.79 Å². The van der Waals surface area contributed by atoms with Crippen molar-refractivity contribution in [2.75, 3.05) is 63.8 Å². The Morgan fingerprint density at radius 1 is 0.967 bits per heavy atom. The third-order valence-electron chi connectivity index (χ3n) is 5.91. The van der Waals surface area contributed by atoms with Gasteiger partial charge >= 0.3 is 0 Å². The van der Waals surface area contributed by atoms with Gasteiger partial charge in [0, 0.05) is 58.9 Å². The number of piperazine rings is 2. The van der Waals surface area contributed by atoms with Gasteiger partial charge in [0.25, 0.3) is 0 Å². The number of aromatic nitrogens is 4. The number of carbonyl (C=O) groups is 1. The Balaban J connectivity index is 1.07. The van der Waals surface area contributed by atoms with Crippen LogP contribution in [0.2, 0.25) is 0 Å². The zero-order chi connectivity index (χ0) is 20.3. The summed E-state index contributed by atoms with van der Waals surface area (Å²) >= 11 is 1.74. The van der Waals surface area contributed by atoms with Crippen molar-refractivity contribution in [3.63, 3.8) is 0 Å². The van der Waals surface area contributed by atoms with Gasteiger partial charge in [-0.25, -0.2) is 0 Å². The Morgan fingerprint density at radius 3 is 2.53 bits per heavy atom. The van der Waals surface area contributed by atoms with Gasteiger partial charge in [-0.2, -0.15) is 15.9 Å². The van der Waals surface area contributed by atoms with E-state index >= 15 is 0 Å². The molecule has 0 unspecified atom stereocenters. The SMILES string of the molecule is O=C(CN1CCN(c2ccc3nncn3n2)CC1)N1CCN(Cc2ccsc2)CC1. The average Bonchev–Trinajstić information content (AvgIpc) is 3.46. The van der Waals surface area contributed by atoms with Crippen molar-refractivity contribution in [3.05, 3.63) is 40.8 Å². The molecule has 0 atom stereocenters. The predicted octanol–water partition coefficient (Wildman–Crippen LogP) is 0.652. The van der Waals surface area contributed by atoms with Crippen molar-refractivity contribution in [3.8, 4) is 0 Å². The maximum absolute atomic E-state index is 12.8. The van der Waals surface area contributed by atoms with Gasteiger partial charge in [0.2, 0.25) is 5.91 Å². The van der Waals surface area contributed by atoms with Gasteiger partial charge in [0.1, 0.15) is 12.1 Å². The smallest absolute Gasteiger partial charge is 0.236 e. The van der Waals surface area contributed by atoms with Crippen LogP contribution in [0.15, 0.2) is 35.3 Å². The molecule has 9 nitrogen and oxygen atoms in total. The second kappa shape index (κ2) is 8.66. The topological polar surface area (TPSA) is 73.1 Å². The third kappa shape index (κ3) is 4.30. The zero-order valence-corrected chi connectivity index (χ0v) is 17.7. The molecule has 1 amide bonds. The van der Waals surface area contributed by atoms with Crippen LogP contribution < -0.4 is 4.90 Å². The Bertz CT molecular complexity index is 974. The molecule has 5 heterocycles. The highest BCUT2D eigenvalue weighted by atomic mass is 32.1. The number of nitrogens with zero attached hydrogens (tertiary/aromatic N) is 8. The summed E-state index contributed by atoms with van der Waals surface area (Å²) in [7, 11) is 0. The van der Waals surface area contributed by atoms with E-state index in [0.717, 1.165) is 70.4 Å². The van der Waals surface area contributed by atoms with Crippen LogP contribution in [0.1, 0.15) is 5.56 Å². The minimum Gasteiger partial charge on any atom is -0.353 e. The maximum Gasteiger partial charge on any atom is 0.236 e. The van der Waals surface area contributed by atoms with E-state index in [1.807, 2.05) is 17.0 Å². The summed E-state index contributed by atoms with van der Waals surface area (Å²) in [5.74, 6) is 1.18. The summed E-state index contributed by atoms with van der Waals surface area (Å²) in [6, 6.07) is 6.10. The normalized spacial score (nSPS) is 18.9. The Kier molecular flexibility index (Phi) is 5.60. The van der Waals surface area contributed by atoms with E-state index in [1.165, 1.54) is 5.56 Å². The lowest BCUT2D eigenvalue weighted by atomic mass is 10.2. The van der Waals surface area contributed by atoms with Crippen molar-refractivity contribution in [1.82, 2.24) is 34.5 Å². The molecule has 0 aliphatic carbocycles. The number of rotatable bonds is 5. The first-order chi connectivity index (χ1) is 14.7. The lowest BCUT2D eigenvalue weighted by molar-refractivity contribution is -0.134. The number of amides is 1. The molecule has 0 aromatic carbocycles. The van der Waals surface area contributed by atoms with Gasteiger partial charge in [-0.05, 0) is 34.5 Å². The van der Waals surface area contributed by atoms with E-state index in [1.54, 1.807) is 22.2 Å². The van der Waals surface area contributed by atoms with Gasteiger partial charge < -0.3 is 9.80 Å². The van der Waals surface area contributed by atoms with Crippen molar-refractivity contribution in [1.29, 1.82) is 0 Å². The van der Waals surface area contributed by atoms with E-state index in [4.69, 9.17) is 0 Å². The summed E-state index contributed by atoms with van der Waals surface area (Å²) < 4.78 is 1.70. The van der Waals surface area contributed by atoms with Gasteiger partial charge in [-0.3, -0.25) is 14.6 Å². The van der Waals surface area contributed by atoms with Crippen molar-refractivity contribution in [2.24, 2.45) is 0 Å². The minimum atomic E-state index is 0.252. The van der Waals surface area contributed by atoms with Gasteiger partial charge in [0.15, 0.2) is 5.65 Å². The summed E-state index contributed by atoms with van der Waals surface area (Å²) in [4.78, 5) is 21.8. The fourth-order valence-electron chi connectivity index (χ4n) is 4.11. The second-order valence-electron chi connectivity index (χ2n) is 7.88. The predicted molar refractivity (Wildman–Crippen MR) is 116 cm³/mol. The number of carbonyl (C=O) groups excluding carboxylic acids is 1. The van der Waals surface area contributed by atoms with E-state index < -0.39 is 0 Å². The highest BCUT2D eigenvalue weighted by molar-refractivity contribution is 7.07. The first kappa shape index (κ1) is 19.4. The first-order valence-electron chi connectivity index (χ1n) is 10.4. The molecule has 0 saturated carbocycles. The van der Waals surface area contributed by atoms with Crippen LogP contribution in [-0.2, 0) is 11.3 Å². The standard InChI is InChI=1S/C20H26N8OS/c29-20(27-10-6-24(7-11-27)13-17-3-12-30-15-17)14-25-4-8-26(9-5-25)19-2-1-18-22-21-16-28(18)23-19/h1-3,12,15-16H,4-11,13-14H2. The molecule has 0 bridgehead atoms. The summed E-state index contributed by atoms with van der Waals surface area (Å²) in [6.07, 6.45) is 1.62. The lowest BCUT2D eigenvalue weighted by Gasteiger charge is -2.38. The molecule has 5 rings (SSSR count). The van der Waals surface area contributed by atoms with Crippen LogP contribution in [0.5, 0.6) is 0 Å². The van der Waals surface area contributed by atoms with Crippen LogP contribution in [0.25, 0.3) is 5.65 Å². The zero-order valence-electron chi connectivity index (χ0n) is 16.9. The number of anilines is 1. The molecule has 30 heavy (non-hydrogen) atoms. The lowest BCUT2D eigenvalue weighted by Crippen LogP contribution is -2.53. The molecular formula is C20H26N8OS. The van der Waals surface area contributed by atoms with E-state index in [2.05, 4.69) is 46.8 Å². The fraction of sp³-hybridized carbons (Fsp3) is 0.500. The van der Waals surface area contributed by atoms with Gasteiger partial charge in [-0.1, -0.05) is 0 Å². The molecule has 2 aliphatic rings. The van der Waals surface area contributed by atoms with E-state index in [-0.39, 0.29) is 5.91 Å². The molecule has 10 heteroatoms. The number of thiophene rings is 1. The summed E-state index contributed by atoms with van der Waals surface area (Å²) in [5.41, 5.74) is 2.12. The monoisotopic (exact) mass is 426 g/mol. The molecule has 158 valence electrons.